The van der Waals surface area contributed by atoms with Gasteiger partial charge in [0.25, 0.3) is 0 Å². The summed E-state index contributed by atoms with van der Waals surface area (Å²) in [4.78, 5) is 11.1. The van der Waals surface area contributed by atoms with E-state index in [1.54, 1.807) is 13.2 Å². The van der Waals surface area contributed by atoms with Gasteiger partial charge >= 0.3 is 5.97 Å². The van der Waals surface area contributed by atoms with Crippen LogP contribution in [0.15, 0.2) is 24.5 Å². The van der Waals surface area contributed by atoms with E-state index in [2.05, 4.69) is 18.2 Å². The minimum Gasteiger partial charge on any atom is -0.497 e. The Bertz CT molecular complexity index is 293. The van der Waals surface area contributed by atoms with E-state index in [-0.39, 0.29) is 11.4 Å². The van der Waals surface area contributed by atoms with Gasteiger partial charge in [-0.25, -0.2) is 0 Å². The normalized spacial score (nSPS) is 29.5. The van der Waals surface area contributed by atoms with Crippen LogP contribution in [0.1, 0.15) is 19.8 Å². The Labute approximate surface area is 90.8 Å². The van der Waals surface area contributed by atoms with Crippen LogP contribution in [0.25, 0.3) is 0 Å². The molecule has 1 unspecified atom stereocenters. The second-order valence-electron chi connectivity index (χ2n) is 4.19. The summed E-state index contributed by atoms with van der Waals surface area (Å²) in [5.74, 6) is 1.02. The predicted octanol–water partition coefficient (Wildman–Crippen LogP) is 2.29. The molecule has 0 saturated heterocycles. The van der Waals surface area contributed by atoms with Gasteiger partial charge in [0.1, 0.15) is 5.76 Å². The summed E-state index contributed by atoms with van der Waals surface area (Å²) >= 11 is 0. The highest BCUT2D eigenvalue weighted by Gasteiger charge is 2.50. The standard InChI is InChI=1S/C12H18O3/c1-5-10(14-3)6-9-7-12(9,2)8-11(13)15-4/h5-6,9H,1,7-8H2,2-4H3/b10-6+/t9?,12-/m0/s1. The first kappa shape index (κ1) is 11.8. The third-order valence-electron chi connectivity index (χ3n) is 3.00. The number of methoxy groups -OCH3 is 2. The minimum atomic E-state index is -0.147. The van der Waals surface area contributed by atoms with Gasteiger partial charge in [0.2, 0.25) is 0 Å². The van der Waals surface area contributed by atoms with E-state index in [9.17, 15) is 4.79 Å². The molecule has 1 saturated carbocycles. The maximum Gasteiger partial charge on any atom is 0.306 e. The number of carbonyl (C=O) groups excluding carboxylic acids is 1. The molecule has 0 aromatic heterocycles. The molecule has 15 heavy (non-hydrogen) atoms. The fourth-order valence-electron chi connectivity index (χ4n) is 1.73. The highest BCUT2D eigenvalue weighted by atomic mass is 16.5. The molecular formula is C12H18O3. The largest absolute Gasteiger partial charge is 0.497 e. The average Bonchev–Trinajstić information content (AvgIpc) is 2.84. The molecule has 1 aliphatic carbocycles. The molecule has 0 N–H and O–H groups in total. The summed E-state index contributed by atoms with van der Waals surface area (Å²) in [6, 6.07) is 0. The van der Waals surface area contributed by atoms with Crippen molar-refractivity contribution in [3.63, 3.8) is 0 Å². The van der Waals surface area contributed by atoms with Crippen LogP contribution in [0.4, 0.5) is 0 Å². The smallest absolute Gasteiger partial charge is 0.306 e. The summed E-state index contributed by atoms with van der Waals surface area (Å²) < 4.78 is 9.76. The summed E-state index contributed by atoms with van der Waals surface area (Å²) in [6.45, 7) is 5.74. The Morgan fingerprint density at radius 1 is 1.53 bits per heavy atom. The highest BCUT2D eigenvalue weighted by molar-refractivity contribution is 5.70. The fourth-order valence-corrected chi connectivity index (χ4v) is 1.73. The third kappa shape index (κ3) is 2.85. The number of esters is 1. The monoisotopic (exact) mass is 210 g/mol. The topological polar surface area (TPSA) is 35.5 Å². The molecule has 0 aromatic rings. The van der Waals surface area contributed by atoms with Crippen molar-refractivity contribution >= 4 is 5.97 Å². The van der Waals surface area contributed by atoms with Crippen LogP contribution in [0.3, 0.4) is 0 Å². The van der Waals surface area contributed by atoms with Crippen LogP contribution in [-0.2, 0) is 14.3 Å². The molecule has 0 bridgehead atoms. The van der Waals surface area contributed by atoms with Crippen LogP contribution in [0.2, 0.25) is 0 Å². The van der Waals surface area contributed by atoms with Gasteiger partial charge in [0.05, 0.1) is 20.6 Å². The van der Waals surface area contributed by atoms with Crippen molar-refractivity contribution in [2.45, 2.75) is 19.8 Å². The Kier molecular flexibility index (Phi) is 3.56. The van der Waals surface area contributed by atoms with E-state index in [1.807, 2.05) is 6.08 Å². The third-order valence-corrected chi connectivity index (χ3v) is 3.00. The zero-order valence-electron chi connectivity index (χ0n) is 9.58. The lowest BCUT2D eigenvalue weighted by atomic mass is 10.0. The van der Waals surface area contributed by atoms with Crippen molar-refractivity contribution < 1.29 is 14.3 Å². The van der Waals surface area contributed by atoms with Crippen molar-refractivity contribution in [3.8, 4) is 0 Å². The van der Waals surface area contributed by atoms with Crippen LogP contribution in [-0.4, -0.2) is 20.2 Å². The molecule has 1 fully saturated rings. The summed E-state index contributed by atoms with van der Waals surface area (Å²) in [5.41, 5.74) is 0.0416. The van der Waals surface area contributed by atoms with Gasteiger partial charge in [-0.1, -0.05) is 13.5 Å². The SMILES string of the molecule is C=C/C(=C\C1C[C@@]1(C)CC(=O)OC)OC. The van der Waals surface area contributed by atoms with Crippen LogP contribution < -0.4 is 0 Å². The first-order valence-corrected chi connectivity index (χ1v) is 5.01. The first-order valence-electron chi connectivity index (χ1n) is 5.01. The summed E-state index contributed by atoms with van der Waals surface area (Å²) in [7, 11) is 3.04. The zero-order chi connectivity index (χ0) is 11.5. The Morgan fingerprint density at radius 3 is 2.67 bits per heavy atom. The summed E-state index contributed by atoms with van der Waals surface area (Å²) in [5, 5.41) is 0. The predicted molar refractivity (Wildman–Crippen MR) is 58.1 cm³/mol. The Balaban J connectivity index is 2.54. The van der Waals surface area contributed by atoms with Gasteiger partial charge in [-0.15, -0.1) is 0 Å². The van der Waals surface area contributed by atoms with Crippen LogP contribution >= 0.6 is 0 Å². The highest BCUT2D eigenvalue weighted by Crippen LogP contribution is 2.56. The van der Waals surface area contributed by atoms with Crippen molar-refractivity contribution in [2.75, 3.05) is 14.2 Å². The molecule has 1 rings (SSSR count). The lowest BCUT2D eigenvalue weighted by Gasteiger charge is -2.07. The molecule has 3 heteroatoms. The number of hydrogen-bond acceptors (Lipinski definition) is 3. The van der Waals surface area contributed by atoms with E-state index in [4.69, 9.17) is 4.74 Å². The molecule has 0 aromatic carbocycles. The zero-order valence-corrected chi connectivity index (χ0v) is 9.58. The molecule has 3 nitrogen and oxygen atoms in total. The second-order valence-corrected chi connectivity index (χ2v) is 4.19. The number of allylic oxidation sites excluding steroid dienone is 2. The van der Waals surface area contributed by atoms with Gasteiger partial charge in [0.15, 0.2) is 0 Å². The van der Waals surface area contributed by atoms with Crippen molar-refractivity contribution in [2.24, 2.45) is 11.3 Å². The van der Waals surface area contributed by atoms with Crippen molar-refractivity contribution in [1.82, 2.24) is 0 Å². The first-order chi connectivity index (χ1) is 7.05. The molecule has 0 heterocycles. The minimum absolute atomic E-state index is 0.0416. The number of carbonyl (C=O) groups is 1. The van der Waals surface area contributed by atoms with Crippen molar-refractivity contribution in [1.29, 1.82) is 0 Å². The number of rotatable bonds is 5. The molecule has 0 aliphatic heterocycles. The van der Waals surface area contributed by atoms with E-state index in [0.29, 0.717) is 12.3 Å². The van der Waals surface area contributed by atoms with E-state index in [0.717, 1.165) is 12.2 Å². The number of hydrogen-bond donors (Lipinski definition) is 0. The average molecular weight is 210 g/mol. The van der Waals surface area contributed by atoms with Gasteiger partial charge < -0.3 is 9.47 Å². The Morgan fingerprint density at radius 2 is 2.20 bits per heavy atom. The second kappa shape index (κ2) is 4.51. The molecular weight excluding hydrogens is 192 g/mol. The van der Waals surface area contributed by atoms with E-state index in [1.165, 1.54) is 7.11 Å². The van der Waals surface area contributed by atoms with Gasteiger partial charge in [0, 0.05) is 0 Å². The lowest BCUT2D eigenvalue weighted by molar-refractivity contribution is -0.142. The maximum atomic E-state index is 11.1. The van der Waals surface area contributed by atoms with E-state index < -0.39 is 0 Å². The van der Waals surface area contributed by atoms with Gasteiger partial charge in [-0.05, 0) is 29.9 Å². The molecule has 0 radical (unpaired) electrons. The van der Waals surface area contributed by atoms with Gasteiger partial charge in [-0.3, -0.25) is 4.79 Å². The molecule has 1 aliphatic rings. The molecule has 0 spiro atoms. The Hall–Kier alpha value is -1.25. The van der Waals surface area contributed by atoms with Crippen LogP contribution in [0.5, 0.6) is 0 Å². The molecule has 84 valence electrons. The molecule has 0 amide bonds. The fraction of sp³-hybridized carbons (Fsp3) is 0.583. The maximum absolute atomic E-state index is 11.1. The van der Waals surface area contributed by atoms with Gasteiger partial charge in [-0.2, -0.15) is 0 Å². The quantitative estimate of drug-likeness (QED) is 0.397. The number of ether oxygens (including phenoxy) is 2. The lowest BCUT2D eigenvalue weighted by Crippen LogP contribution is -2.09. The van der Waals surface area contributed by atoms with Crippen molar-refractivity contribution in [3.05, 3.63) is 24.5 Å². The molecule has 2 atom stereocenters. The van der Waals surface area contributed by atoms with Crippen LogP contribution in [0, 0.1) is 11.3 Å². The summed E-state index contributed by atoms with van der Waals surface area (Å²) in [6.07, 6.45) is 5.18. The van der Waals surface area contributed by atoms with E-state index >= 15 is 0 Å².